The second-order valence-electron chi connectivity index (χ2n) is 4.51. The molecule has 0 aliphatic rings. The third-order valence-electron chi connectivity index (χ3n) is 3.60. The van der Waals surface area contributed by atoms with E-state index in [-0.39, 0.29) is 5.54 Å². The van der Waals surface area contributed by atoms with Crippen LogP contribution in [0.3, 0.4) is 0 Å². The van der Waals surface area contributed by atoms with Crippen molar-refractivity contribution in [2.24, 2.45) is 5.92 Å². The highest BCUT2D eigenvalue weighted by molar-refractivity contribution is 5.24. The van der Waals surface area contributed by atoms with Gasteiger partial charge in [-0.25, -0.2) is 0 Å². The van der Waals surface area contributed by atoms with Crippen molar-refractivity contribution in [3.8, 4) is 0 Å². The number of benzene rings is 1. The molecule has 1 heteroatoms. The summed E-state index contributed by atoms with van der Waals surface area (Å²) in [6.07, 6.45) is 2.50. The van der Waals surface area contributed by atoms with Crippen LogP contribution in [0.1, 0.15) is 39.2 Å². The number of nitrogens with one attached hydrogen (secondary N) is 1. The summed E-state index contributed by atoms with van der Waals surface area (Å²) in [6.45, 7) is 6.87. The van der Waals surface area contributed by atoms with Gasteiger partial charge >= 0.3 is 0 Å². The lowest BCUT2D eigenvalue weighted by atomic mass is 9.78. The van der Waals surface area contributed by atoms with Crippen molar-refractivity contribution in [3.05, 3.63) is 35.9 Å². The van der Waals surface area contributed by atoms with E-state index in [1.807, 2.05) is 0 Å². The van der Waals surface area contributed by atoms with Gasteiger partial charge in [0.05, 0.1) is 0 Å². The molecule has 0 radical (unpaired) electrons. The fourth-order valence-corrected chi connectivity index (χ4v) is 2.18. The molecule has 0 heterocycles. The lowest BCUT2D eigenvalue weighted by molar-refractivity contribution is 0.251. The van der Waals surface area contributed by atoms with E-state index in [0.29, 0.717) is 5.92 Å². The SMILES string of the molecule is CCCC(C)C(C)(NC)c1ccccc1. The Kier molecular flexibility index (Phi) is 4.34. The zero-order valence-corrected chi connectivity index (χ0v) is 10.4. The maximum absolute atomic E-state index is 3.48. The van der Waals surface area contributed by atoms with Crippen LogP contribution in [0, 0.1) is 5.92 Å². The van der Waals surface area contributed by atoms with Crippen molar-refractivity contribution < 1.29 is 0 Å². The molecular formula is C14H23N. The molecule has 1 rings (SSSR count). The maximum atomic E-state index is 3.48. The minimum absolute atomic E-state index is 0.0945. The van der Waals surface area contributed by atoms with E-state index < -0.39 is 0 Å². The van der Waals surface area contributed by atoms with Gasteiger partial charge < -0.3 is 5.32 Å². The Morgan fingerprint density at radius 2 is 1.87 bits per heavy atom. The van der Waals surface area contributed by atoms with E-state index in [1.54, 1.807) is 0 Å². The molecule has 2 unspecified atom stereocenters. The molecule has 84 valence electrons. The average Bonchev–Trinajstić information content (AvgIpc) is 2.29. The van der Waals surface area contributed by atoms with Crippen molar-refractivity contribution in [3.63, 3.8) is 0 Å². The van der Waals surface area contributed by atoms with Gasteiger partial charge in [0.1, 0.15) is 0 Å². The van der Waals surface area contributed by atoms with Crippen molar-refractivity contribution in [1.29, 1.82) is 0 Å². The van der Waals surface area contributed by atoms with Crippen LogP contribution in [0.5, 0.6) is 0 Å². The van der Waals surface area contributed by atoms with E-state index in [2.05, 4.69) is 63.5 Å². The fourth-order valence-electron chi connectivity index (χ4n) is 2.18. The molecule has 1 aromatic carbocycles. The summed E-state index contributed by atoms with van der Waals surface area (Å²) in [4.78, 5) is 0. The summed E-state index contributed by atoms with van der Waals surface area (Å²) >= 11 is 0. The van der Waals surface area contributed by atoms with Gasteiger partial charge in [0, 0.05) is 5.54 Å². The van der Waals surface area contributed by atoms with Crippen LogP contribution in [-0.4, -0.2) is 7.05 Å². The topological polar surface area (TPSA) is 12.0 Å². The van der Waals surface area contributed by atoms with Gasteiger partial charge in [-0.15, -0.1) is 0 Å². The zero-order valence-electron chi connectivity index (χ0n) is 10.4. The van der Waals surface area contributed by atoms with E-state index >= 15 is 0 Å². The minimum atomic E-state index is 0.0945. The monoisotopic (exact) mass is 205 g/mol. The average molecular weight is 205 g/mol. The molecule has 0 saturated carbocycles. The Labute approximate surface area is 93.9 Å². The molecule has 1 N–H and O–H groups in total. The fraction of sp³-hybridized carbons (Fsp3) is 0.571. The summed E-state index contributed by atoms with van der Waals surface area (Å²) in [7, 11) is 2.05. The molecule has 2 atom stereocenters. The third kappa shape index (κ3) is 2.60. The lowest BCUT2D eigenvalue weighted by Crippen LogP contribution is -2.42. The normalized spacial score (nSPS) is 17.1. The van der Waals surface area contributed by atoms with E-state index in [9.17, 15) is 0 Å². The smallest absolute Gasteiger partial charge is 0.0429 e. The molecule has 0 fully saturated rings. The summed E-state index contributed by atoms with van der Waals surface area (Å²) in [5.41, 5.74) is 1.48. The quantitative estimate of drug-likeness (QED) is 0.775. The van der Waals surface area contributed by atoms with Gasteiger partial charge in [0.25, 0.3) is 0 Å². The second-order valence-corrected chi connectivity index (χ2v) is 4.51. The van der Waals surface area contributed by atoms with E-state index in [4.69, 9.17) is 0 Å². The third-order valence-corrected chi connectivity index (χ3v) is 3.60. The summed E-state index contributed by atoms with van der Waals surface area (Å²) in [6, 6.07) is 10.7. The first kappa shape index (κ1) is 12.3. The van der Waals surface area contributed by atoms with Gasteiger partial charge in [-0.1, -0.05) is 50.6 Å². The lowest BCUT2D eigenvalue weighted by Gasteiger charge is -2.36. The molecule has 0 aromatic heterocycles. The molecule has 0 bridgehead atoms. The Hall–Kier alpha value is -0.820. The maximum Gasteiger partial charge on any atom is 0.0429 e. The Morgan fingerprint density at radius 1 is 1.27 bits per heavy atom. The largest absolute Gasteiger partial charge is 0.310 e. The Morgan fingerprint density at radius 3 is 2.33 bits per heavy atom. The number of rotatable bonds is 5. The van der Waals surface area contributed by atoms with Gasteiger partial charge in [-0.3, -0.25) is 0 Å². The van der Waals surface area contributed by atoms with Crippen LogP contribution in [-0.2, 0) is 5.54 Å². The van der Waals surface area contributed by atoms with Crippen LogP contribution in [0.4, 0.5) is 0 Å². The highest BCUT2D eigenvalue weighted by Gasteiger charge is 2.30. The predicted octanol–water partition coefficient (Wildman–Crippen LogP) is 3.56. The first-order valence-electron chi connectivity index (χ1n) is 5.89. The second kappa shape index (κ2) is 5.32. The highest BCUT2D eigenvalue weighted by Crippen LogP contribution is 2.31. The summed E-state index contributed by atoms with van der Waals surface area (Å²) < 4.78 is 0. The minimum Gasteiger partial charge on any atom is -0.310 e. The first-order valence-corrected chi connectivity index (χ1v) is 5.89. The van der Waals surface area contributed by atoms with Gasteiger partial charge in [0.2, 0.25) is 0 Å². The molecule has 0 spiro atoms. The molecule has 15 heavy (non-hydrogen) atoms. The standard InChI is InChI=1S/C14H23N/c1-5-9-12(2)14(3,15-4)13-10-7-6-8-11-13/h6-8,10-12,15H,5,9H2,1-4H3. The van der Waals surface area contributed by atoms with Crippen LogP contribution < -0.4 is 5.32 Å². The van der Waals surface area contributed by atoms with Crippen molar-refractivity contribution >= 4 is 0 Å². The van der Waals surface area contributed by atoms with Crippen molar-refractivity contribution in [2.45, 2.75) is 39.2 Å². The Bertz CT molecular complexity index is 281. The van der Waals surface area contributed by atoms with Crippen molar-refractivity contribution in [2.75, 3.05) is 7.05 Å². The van der Waals surface area contributed by atoms with Crippen LogP contribution in [0.25, 0.3) is 0 Å². The molecule has 1 nitrogen and oxygen atoms in total. The molecular weight excluding hydrogens is 182 g/mol. The van der Waals surface area contributed by atoms with Gasteiger partial charge in [-0.05, 0) is 31.9 Å². The van der Waals surface area contributed by atoms with E-state index in [1.165, 1.54) is 18.4 Å². The van der Waals surface area contributed by atoms with Crippen LogP contribution in [0.2, 0.25) is 0 Å². The summed E-state index contributed by atoms with van der Waals surface area (Å²) in [5, 5.41) is 3.48. The van der Waals surface area contributed by atoms with Crippen molar-refractivity contribution in [1.82, 2.24) is 5.32 Å². The molecule has 0 saturated heterocycles. The van der Waals surface area contributed by atoms with Gasteiger partial charge in [-0.2, -0.15) is 0 Å². The molecule has 0 amide bonds. The zero-order chi connectivity index (χ0) is 11.3. The molecule has 0 aliphatic heterocycles. The van der Waals surface area contributed by atoms with E-state index in [0.717, 1.165) is 0 Å². The van der Waals surface area contributed by atoms with Crippen LogP contribution >= 0.6 is 0 Å². The first-order chi connectivity index (χ1) is 7.15. The predicted molar refractivity (Wildman–Crippen MR) is 66.9 cm³/mol. The number of hydrogen-bond donors (Lipinski definition) is 1. The molecule has 1 aromatic rings. The Balaban J connectivity index is 2.94. The summed E-state index contributed by atoms with van der Waals surface area (Å²) in [5.74, 6) is 0.648. The van der Waals surface area contributed by atoms with Crippen LogP contribution in [0.15, 0.2) is 30.3 Å². The number of hydrogen-bond acceptors (Lipinski definition) is 1. The van der Waals surface area contributed by atoms with Gasteiger partial charge in [0.15, 0.2) is 0 Å². The molecule has 0 aliphatic carbocycles. The highest BCUT2D eigenvalue weighted by atomic mass is 14.9.